The third-order valence-corrected chi connectivity index (χ3v) is 2.98. The number of fused-ring (bicyclic) bond motifs is 1. The van der Waals surface area contributed by atoms with Gasteiger partial charge in [0.2, 0.25) is 11.5 Å². The maximum Gasteiger partial charge on any atom is 0.258 e. The van der Waals surface area contributed by atoms with Gasteiger partial charge in [0.25, 0.3) is 5.88 Å². The number of hydrogen-bond donors (Lipinski definition) is 0. The number of methoxy groups -OCH3 is 1. The Labute approximate surface area is 122 Å². The Bertz CT molecular complexity index is 767. The van der Waals surface area contributed by atoms with Crippen LogP contribution in [0.4, 0.5) is 0 Å². The average Bonchev–Trinajstić information content (AvgIpc) is 2.91. The van der Waals surface area contributed by atoms with Gasteiger partial charge in [-0.2, -0.15) is 0 Å². The van der Waals surface area contributed by atoms with E-state index in [2.05, 4.69) is 15.0 Å². The largest absolute Gasteiger partial charge is 0.481 e. The van der Waals surface area contributed by atoms with Crippen LogP contribution in [-0.4, -0.2) is 32.6 Å². The van der Waals surface area contributed by atoms with Crippen molar-refractivity contribution in [2.75, 3.05) is 7.11 Å². The Hall–Kier alpha value is -2.63. The van der Waals surface area contributed by atoms with Gasteiger partial charge in [-0.15, -0.1) is 0 Å². The fourth-order valence-electron chi connectivity index (χ4n) is 2.15. The fourth-order valence-corrected chi connectivity index (χ4v) is 2.15. The van der Waals surface area contributed by atoms with Gasteiger partial charge >= 0.3 is 0 Å². The van der Waals surface area contributed by atoms with E-state index in [1.807, 2.05) is 36.6 Å². The highest BCUT2D eigenvalue weighted by Crippen LogP contribution is 2.29. The van der Waals surface area contributed by atoms with E-state index < -0.39 is 0 Å². The molecule has 3 heterocycles. The van der Waals surface area contributed by atoms with Crippen molar-refractivity contribution in [1.29, 1.82) is 0 Å². The smallest absolute Gasteiger partial charge is 0.258 e. The third kappa shape index (κ3) is 2.40. The molecule has 0 atom stereocenters. The zero-order valence-corrected chi connectivity index (χ0v) is 12.1. The molecule has 6 nitrogen and oxygen atoms in total. The predicted molar refractivity (Wildman–Crippen MR) is 78.5 cm³/mol. The molecular formula is C15H16N4O2. The zero-order valence-electron chi connectivity index (χ0n) is 12.1. The van der Waals surface area contributed by atoms with E-state index in [-0.39, 0.29) is 6.10 Å². The van der Waals surface area contributed by atoms with E-state index in [0.29, 0.717) is 17.4 Å². The number of pyridine rings is 1. The lowest BCUT2D eigenvalue weighted by Gasteiger charge is -2.10. The molecule has 0 amide bonds. The SMILES string of the molecule is COc1ncccc1-c1cnc2c(OC(C)C)nccn12. The maximum atomic E-state index is 5.69. The molecule has 6 heteroatoms. The number of ether oxygens (including phenoxy) is 2. The Balaban J connectivity index is 2.17. The summed E-state index contributed by atoms with van der Waals surface area (Å²) in [5.74, 6) is 1.07. The van der Waals surface area contributed by atoms with Gasteiger partial charge in [0.15, 0.2) is 0 Å². The van der Waals surface area contributed by atoms with Gasteiger partial charge in [0.05, 0.1) is 30.7 Å². The summed E-state index contributed by atoms with van der Waals surface area (Å²) in [6, 6.07) is 3.81. The molecule has 0 saturated carbocycles. The molecule has 0 spiro atoms. The average molecular weight is 284 g/mol. The summed E-state index contributed by atoms with van der Waals surface area (Å²) in [7, 11) is 1.60. The summed E-state index contributed by atoms with van der Waals surface area (Å²) in [6.45, 7) is 3.92. The first-order chi connectivity index (χ1) is 10.2. The van der Waals surface area contributed by atoms with E-state index in [4.69, 9.17) is 9.47 Å². The van der Waals surface area contributed by atoms with Crippen LogP contribution in [0.2, 0.25) is 0 Å². The molecule has 21 heavy (non-hydrogen) atoms. The highest BCUT2D eigenvalue weighted by Gasteiger charge is 2.15. The Kier molecular flexibility index (Phi) is 3.43. The molecule has 0 radical (unpaired) electrons. The zero-order chi connectivity index (χ0) is 14.8. The van der Waals surface area contributed by atoms with Crippen LogP contribution in [0.3, 0.4) is 0 Å². The lowest BCUT2D eigenvalue weighted by atomic mass is 10.2. The van der Waals surface area contributed by atoms with Crippen molar-refractivity contribution in [3.63, 3.8) is 0 Å². The quantitative estimate of drug-likeness (QED) is 0.737. The number of hydrogen-bond acceptors (Lipinski definition) is 5. The minimum absolute atomic E-state index is 0.0387. The van der Waals surface area contributed by atoms with Crippen LogP contribution in [0, 0.1) is 0 Å². The molecule has 0 bridgehead atoms. The molecule has 3 aromatic rings. The van der Waals surface area contributed by atoms with Crippen molar-refractivity contribution in [2.24, 2.45) is 0 Å². The minimum Gasteiger partial charge on any atom is -0.481 e. The Morgan fingerprint density at radius 1 is 1.10 bits per heavy atom. The molecule has 3 rings (SSSR count). The lowest BCUT2D eigenvalue weighted by molar-refractivity contribution is 0.234. The summed E-state index contributed by atoms with van der Waals surface area (Å²) in [4.78, 5) is 12.9. The second-order valence-electron chi connectivity index (χ2n) is 4.80. The summed E-state index contributed by atoms with van der Waals surface area (Å²) in [6.07, 6.45) is 7.04. The van der Waals surface area contributed by atoms with Gasteiger partial charge in [0.1, 0.15) is 0 Å². The van der Waals surface area contributed by atoms with Gasteiger partial charge < -0.3 is 9.47 Å². The van der Waals surface area contributed by atoms with Crippen molar-refractivity contribution >= 4 is 5.65 Å². The van der Waals surface area contributed by atoms with Crippen LogP contribution in [0.1, 0.15) is 13.8 Å². The first kappa shape index (κ1) is 13.4. The molecule has 0 aliphatic carbocycles. The van der Waals surface area contributed by atoms with E-state index >= 15 is 0 Å². The van der Waals surface area contributed by atoms with Gasteiger partial charge in [-0.05, 0) is 26.0 Å². The van der Waals surface area contributed by atoms with Crippen molar-refractivity contribution in [1.82, 2.24) is 19.4 Å². The molecule has 0 saturated heterocycles. The highest BCUT2D eigenvalue weighted by molar-refractivity contribution is 5.69. The molecule has 0 fully saturated rings. The van der Waals surface area contributed by atoms with Gasteiger partial charge in [0, 0.05) is 18.6 Å². The highest BCUT2D eigenvalue weighted by atomic mass is 16.5. The molecule has 0 aromatic carbocycles. The van der Waals surface area contributed by atoms with Crippen LogP contribution in [0.15, 0.2) is 36.9 Å². The van der Waals surface area contributed by atoms with Crippen LogP contribution in [0.5, 0.6) is 11.8 Å². The number of rotatable bonds is 4. The molecule has 0 unspecified atom stereocenters. The number of nitrogens with zero attached hydrogens (tertiary/aromatic N) is 4. The van der Waals surface area contributed by atoms with Gasteiger partial charge in [-0.3, -0.25) is 4.40 Å². The van der Waals surface area contributed by atoms with Crippen molar-refractivity contribution in [3.8, 4) is 23.0 Å². The van der Waals surface area contributed by atoms with Gasteiger partial charge in [-0.1, -0.05) is 0 Å². The van der Waals surface area contributed by atoms with Crippen LogP contribution >= 0.6 is 0 Å². The van der Waals surface area contributed by atoms with Gasteiger partial charge in [-0.25, -0.2) is 15.0 Å². The topological polar surface area (TPSA) is 61.5 Å². The minimum atomic E-state index is 0.0387. The summed E-state index contributed by atoms with van der Waals surface area (Å²) in [5, 5.41) is 0. The standard InChI is InChI=1S/C15H16N4O2/c1-10(2)21-15-13-18-9-12(19(13)8-7-17-15)11-5-4-6-16-14(11)20-3/h4-10H,1-3H3. The van der Waals surface area contributed by atoms with E-state index in [9.17, 15) is 0 Å². The van der Waals surface area contributed by atoms with Crippen molar-refractivity contribution in [2.45, 2.75) is 20.0 Å². The maximum absolute atomic E-state index is 5.69. The van der Waals surface area contributed by atoms with Crippen LogP contribution < -0.4 is 9.47 Å². The van der Waals surface area contributed by atoms with Crippen LogP contribution in [-0.2, 0) is 0 Å². The van der Waals surface area contributed by atoms with E-state index in [1.165, 1.54) is 0 Å². The Morgan fingerprint density at radius 2 is 1.90 bits per heavy atom. The molecule has 0 N–H and O–H groups in total. The normalized spacial score (nSPS) is 11.0. The third-order valence-electron chi connectivity index (χ3n) is 2.98. The van der Waals surface area contributed by atoms with E-state index in [1.54, 1.807) is 25.7 Å². The fraction of sp³-hybridized carbons (Fsp3) is 0.267. The Morgan fingerprint density at radius 3 is 2.67 bits per heavy atom. The first-order valence-corrected chi connectivity index (χ1v) is 6.69. The number of imidazole rings is 1. The number of aromatic nitrogens is 4. The first-order valence-electron chi connectivity index (χ1n) is 6.69. The summed E-state index contributed by atoms with van der Waals surface area (Å²) < 4.78 is 12.9. The second-order valence-corrected chi connectivity index (χ2v) is 4.80. The summed E-state index contributed by atoms with van der Waals surface area (Å²) in [5.41, 5.74) is 2.42. The molecular weight excluding hydrogens is 268 g/mol. The van der Waals surface area contributed by atoms with Crippen molar-refractivity contribution in [3.05, 3.63) is 36.9 Å². The lowest BCUT2D eigenvalue weighted by Crippen LogP contribution is -2.08. The molecule has 0 aliphatic rings. The van der Waals surface area contributed by atoms with E-state index in [0.717, 1.165) is 11.3 Å². The molecule has 3 aromatic heterocycles. The predicted octanol–water partition coefficient (Wildman–Crippen LogP) is 2.59. The monoisotopic (exact) mass is 284 g/mol. The van der Waals surface area contributed by atoms with Crippen LogP contribution in [0.25, 0.3) is 16.9 Å². The second kappa shape index (κ2) is 5.40. The molecule has 108 valence electrons. The van der Waals surface area contributed by atoms with Crippen molar-refractivity contribution < 1.29 is 9.47 Å². The summed E-state index contributed by atoms with van der Waals surface area (Å²) >= 11 is 0. The molecule has 0 aliphatic heterocycles.